The molecular weight excluding hydrogens is 296 g/mol. The van der Waals surface area contributed by atoms with Gasteiger partial charge in [-0.05, 0) is 37.5 Å². The Morgan fingerprint density at radius 1 is 1.44 bits per heavy atom. The summed E-state index contributed by atoms with van der Waals surface area (Å²) in [6.07, 6.45) is -0.281. The summed E-state index contributed by atoms with van der Waals surface area (Å²) in [4.78, 5) is 11.7. The molecule has 0 fully saturated rings. The lowest BCUT2D eigenvalue weighted by atomic mass is 9.93. The van der Waals surface area contributed by atoms with Crippen molar-refractivity contribution in [3.8, 4) is 0 Å². The van der Waals surface area contributed by atoms with E-state index in [0.717, 1.165) is 15.6 Å². The summed E-state index contributed by atoms with van der Waals surface area (Å²) in [5, 5.41) is 10.3. The Morgan fingerprint density at radius 3 is 2.61 bits per heavy atom. The van der Waals surface area contributed by atoms with Gasteiger partial charge in [0.25, 0.3) is 0 Å². The fourth-order valence-electron chi connectivity index (χ4n) is 1.79. The third kappa shape index (κ3) is 3.56. The highest BCUT2D eigenvalue weighted by atomic mass is 79.9. The molecule has 0 saturated carbocycles. The number of hydrogen-bond acceptors (Lipinski definition) is 3. The number of benzene rings is 1. The number of aryl methyl sites for hydroxylation is 1. The highest BCUT2D eigenvalue weighted by Crippen LogP contribution is 2.29. The number of esters is 1. The van der Waals surface area contributed by atoms with Crippen molar-refractivity contribution in [3.63, 3.8) is 0 Å². The van der Waals surface area contributed by atoms with Crippen molar-refractivity contribution < 1.29 is 14.6 Å². The lowest BCUT2D eigenvalue weighted by Gasteiger charge is -2.20. The number of halogens is 1. The van der Waals surface area contributed by atoms with Crippen LogP contribution in [0, 0.1) is 12.8 Å². The van der Waals surface area contributed by atoms with E-state index >= 15 is 0 Å². The van der Waals surface area contributed by atoms with Gasteiger partial charge in [-0.15, -0.1) is 0 Å². The number of aliphatic hydroxyl groups excluding tert-OH is 1. The Hall–Kier alpha value is -0.870. The van der Waals surface area contributed by atoms with Gasteiger partial charge in [0.2, 0.25) is 0 Å². The van der Waals surface area contributed by atoms with E-state index in [2.05, 4.69) is 15.9 Å². The van der Waals surface area contributed by atoms with Crippen LogP contribution in [0.3, 0.4) is 0 Å². The molecule has 18 heavy (non-hydrogen) atoms. The second-order valence-corrected chi connectivity index (χ2v) is 5.07. The predicted octanol–water partition coefficient (Wildman–Crippen LogP) is 3.38. The molecule has 2 atom stereocenters. The van der Waals surface area contributed by atoms with Crippen LogP contribution in [0.4, 0.5) is 0 Å². The first kappa shape index (κ1) is 15.2. The van der Waals surface area contributed by atoms with Gasteiger partial charge in [-0.1, -0.05) is 35.0 Å². The summed E-state index contributed by atoms with van der Waals surface area (Å²) < 4.78 is 5.91. The highest BCUT2D eigenvalue weighted by molar-refractivity contribution is 9.10. The molecule has 0 heterocycles. The topological polar surface area (TPSA) is 46.5 Å². The predicted molar refractivity (Wildman–Crippen MR) is 74.3 cm³/mol. The monoisotopic (exact) mass is 314 g/mol. The third-order valence-corrected chi connectivity index (χ3v) is 3.80. The first-order valence-corrected chi connectivity index (χ1v) is 6.91. The highest BCUT2D eigenvalue weighted by Gasteiger charge is 2.27. The molecule has 4 heteroatoms. The van der Waals surface area contributed by atoms with Crippen molar-refractivity contribution in [2.75, 3.05) is 6.61 Å². The van der Waals surface area contributed by atoms with Crippen LogP contribution in [0.5, 0.6) is 0 Å². The maximum atomic E-state index is 11.7. The molecule has 0 aliphatic rings. The molecule has 0 bridgehead atoms. The van der Waals surface area contributed by atoms with Crippen molar-refractivity contribution in [1.29, 1.82) is 0 Å². The second kappa shape index (κ2) is 6.90. The molecule has 1 aromatic rings. The van der Waals surface area contributed by atoms with Crippen LogP contribution >= 0.6 is 15.9 Å². The summed E-state index contributed by atoms with van der Waals surface area (Å²) >= 11 is 3.43. The quantitative estimate of drug-likeness (QED) is 0.847. The van der Waals surface area contributed by atoms with Crippen molar-refractivity contribution >= 4 is 21.9 Å². The molecule has 3 nitrogen and oxygen atoms in total. The van der Waals surface area contributed by atoms with Crippen molar-refractivity contribution in [2.45, 2.75) is 33.3 Å². The maximum Gasteiger partial charge on any atom is 0.311 e. The van der Waals surface area contributed by atoms with Crippen molar-refractivity contribution in [2.24, 2.45) is 5.92 Å². The first-order chi connectivity index (χ1) is 8.51. The smallest absolute Gasteiger partial charge is 0.311 e. The Kier molecular flexibility index (Phi) is 5.82. The average molecular weight is 315 g/mol. The molecule has 0 saturated heterocycles. The van der Waals surface area contributed by atoms with Crippen LogP contribution in [-0.2, 0) is 9.53 Å². The summed E-state index contributed by atoms with van der Waals surface area (Å²) in [6.45, 7) is 5.94. The van der Waals surface area contributed by atoms with Crippen molar-refractivity contribution in [1.82, 2.24) is 0 Å². The van der Waals surface area contributed by atoms with E-state index in [1.165, 1.54) is 0 Å². The Balaban J connectivity index is 2.92. The normalized spacial score (nSPS) is 14.1. The zero-order valence-corrected chi connectivity index (χ0v) is 12.5. The van der Waals surface area contributed by atoms with Gasteiger partial charge in [-0.25, -0.2) is 0 Å². The Labute approximate surface area is 116 Å². The molecule has 0 aliphatic carbocycles. The van der Waals surface area contributed by atoms with E-state index in [-0.39, 0.29) is 5.97 Å². The fraction of sp³-hybridized carbons (Fsp3) is 0.500. The molecular formula is C14H19BrO3. The van der Waals surface area contributed by atoms with Crippen LogP contribution in [0.25, 0.3) is 0 Å². The van der Waals surface area contributed by atoms with Gasteiger partial charge in [0.05, 0.1) is 18.6 Å². The molecule has 1 N–H and O–H groups in total. The minimum Gasteiger partial charge on any atom is -0.466 e. The molecule has 0 aliphatic heterocycles. The van der Waals surface area contributed by atoms with Gasteiger partial charge in [-0.2, -0.15) is 0 Å². The van der Waals surface area contributed by atoms with E-state index in [1.54, 1.807) is 6.92 Å². The van der Waals surface area contributed by atoms with Crippen LogP contribution in [0.2, 0.25) is 0 Å². The second-order valence-electron chi connectivity index (χ2n) is 4.22. The Morgan fingerprint density at radius 2 is 2.11 bits per heavy atom. The molecule has 1 aromatic carbocycles. The molecule has 100 valence electrons. The largest absolute Gasteiger partial charge is 0.466 e. The van der Waals surface area contributed by atoms with Gasteiger partial charge in [0.1, 0.15) is 0 Å². The van der Waals surface area contributed by atoms with Gasteiger partial charge in [-0.3, -0.25) is 4.79 Å². The van der Waals surface area contributed by atoms with Crippen LogP contribution in [0.1, 0.15) is 37.5 Å². The third-order valence-electron chi connectivity index (χ3n) is 2.95. The fourth-order valence-corrected chi connectivity index (χ4v) is 2.19. The maximum absolute atomic E-state index is 11.7. The van der Waals surface area contributed by atoms with E-state index in [9.17, 15) is 9.90 Å². The number of carbonyl (C=O) groups excluding carboxylic acids is 1. The molecule has 0 radical (unpaired) electrons. The summed E-state index contributed by atoms with van der Waals surface area (Å²) in [7, 11) is 0. The van der Waals surface area contributed by atoms with Crippen LogP contribution in [-0.4, -0.2) is 17.7 Å². The van der Waals surface area contributed by atoms with E-state index in [1.807, 2.05) is 32.0 Å². The first-order valence-electron chi connectivity index (χ1n) is 6.12. The number of aliphatic hydroxyl groups is 1. The lowest BCUT2D eigenvalue weighted by molar-refractivity contribution is -0.152. The van der Waals surface area contributed by atoms with Crippen LogP contribution in [0.15, 0.2) is 22.7 Å². The van der Waals surface area contributed by atoms with Gasteiger partial charge in [0.15, 0.2) is 0 Å². The standard InChI is InChI=1S/C14H19BrO3/c1-4-11(14(17)18-5-2)13(16)10-7-6-9(3)12(15)8-10/h6-8,11,13,16H,4-5H2,1-3H3. The van der Waals surface area contributed by atoms with E-state index < -0.39 is 12.0 Å². The van der Waals surface area contributed by atoms with Crippen LogP contribution < -0.4 is 0 Å². The molecule has 0 spiro atoms. The van der Waals surface area contributed by atoms with Gasteiger partial charge < -0.3 is 9.84 Å². The average Bonchev–Trinajstić information content (AvgIpc) is 2.33. The zero-order valence-electron chi connectivity index (χ0n) is 10.9. The zero-order chi connectivity index (χ0) is 13.7. The SMILES string of the molecule is CCOC(=O)C(CC)C(O)c1ccc(C)c(Br)c1. The number of rotatable bonds is 5. The molecule has 0 aromatic heterocycles. The number of carbonyl (C=O) groups is 1. The lowest BCUT2D eigenvalue weighted by Crippen LogP contribution is -2.24. The molecule has 2 unspecified atom stereocenters. The minimum absolute atomic E-state index is 0.333. The molecule has 1 rings (SSSR count). The van der Waals surface area contributed by atoms with Gasteiger partial charge >= 0.3 is 5.97 Å². The van der Waals surface area contributed by atoms with E-state index in [0.29, 0.717) is 13.0 Å². The minimum atomic E-state index is -0.828. The molecule has 0 amide bonds. The summed E-state index contributed by atoms with van der Waals surface area (Å²) in [6, 6.07) is 5.61. The summed E-state index contributed by atoms with van der Waals surface area (Å²) in [5.74, 6) is -0.858. The van der Waals surface area contributed by atoms with Gasteiger partial charge in [0, 0.05) is 4.47 Å². The van der Waals surface area contributed by atoms with Crippen molar-refractivity contribution in [3.05, 3.63) is 33.8 Å². The summed E-state index contributed by atoms with van der Waals surface area (Å²) in [5.41, 5.74) is 1.82. The van der Waals surface area contributed by atoms with E-state index in [4.69, 9.17) is 4.74 Å². The number of hydrogen-bond donors (Lipinski definition) is 1. The number of ether oxygens (including phenoxy) is 1. The Bertz CT molecular complexity index is 418.